The highest BCUT2D eigenvalue weighted by Crippen LogP contribution is 2.32. The Balaban J connectivity index is 1.84. The molecule has 2 unspecified atom stereocenters. The zero-order valence-electron chi connectivity index (χ0n) is 13.7. The van der Waals surface area contributed by atoms with E-state index in [1.54, 1.807) is 19.1 Å². The van der Waals surface area contributed by atoms with Crippen molar-refractivity contribution in [2.45, 2.75) is 31.7 Å². The van der Waals surface area contributed by atoms with E-state index in [1.807, 2.05) is 4.90 Å². The number of aromatic nitrogens is 2. The molecule has 128 valence electrons. The van der Waals surface area contributed by atoms with Crippen molar-refractivity contribution in [3.8, 4) is 0 Å². The van der Waals surface area contributed by atoms with Crippen LogP contribution < -0.4 is 0 Å². The van der Waals surface area contributed by atoms with Gasteiger partial charge in [-0.25, -0.2) is 9.18 Å². The summed E-state index contributed by atoms with van der Waals surface area (Å²) in [5, 5.41) is 3.84. The third kappa shape index (κ3) is 3.46. The highest BCUT2D eigenvalue weighted by Gasteiger charge is 2.34. The number of rotatable bonds is 4. The Morgan fingerprint density at radius 2 is 2.17 bits per heavy atom. The first-order chi connectivity index (χ1) is 11.6. The number of likely N-dealkylation sites (tertiary alicyclic amines) is 1. The van der Waals surface area contributed by atoms with Gasteiger partial charge < -0.3 is 9.26 Å². The van der Waals surface area contributed by atoms with E-state index in [-0.39, 0.29) is 17.7 Å². The van der Waals surface area contributed by atoms with Crippen LogP contribution in [0.25, 0.3) is 0 Å². The van der Waals surface area contributed by atoms with Gasteiger partial charge in [0.25, 0.3) is 0 Å². The molecule has 3 rings (SSSR count). The van der Waals surface area contributed by atoms with Crippen LogP contribution in [0.15, 0.2) is 28.8 Å². The molecule has 1 aliphatic rings. The fourth-order valence-electron chi connectivity index (χ4n) is 3.17. The Bertz CT molecular complexity index is 701. The van der Waals surface area contributed by atoms with E-state index in [9.17, 15) is 9.18 Å². The van der Waals surface area contributed by atoms with Gasteiger partial charge in [-0.05, 0) is 44.0 Å². The van der Waals surface area contributed by atoms with Crippen LogP contribution in [0.2, 0.25) is 0 Å². The molecule has 2 heterocycles. The van der Waals surface area contributed by atoms with Crippen molar-refractivity contribution in [3.63, 3.8) is 0 Å². The molecule has 0 spiro atoms. The number of hydrogen-bond donors (Lipinski definition) is 0. The highest BCUT2D eigenvalue weighted by molar-refractivity contribution is 5.77. The molecule has 1 aliphatic heterocycles. The molecule has 2 atom stereocenters. The molecule has 1 saturated heterocycles. The van der Waals surface area contributed by atoms with E-state index in [1.165, 1.54) is 19.2 Å². The Hall–Kier alpha value is -2.28. The number of methoxy groups -OCH3 is 1. The molecule has 0 amide bonds. The number of ether oxygens (including phenoxy) is 1. The van der Waals surface area contributed by atoms with E-state index in [0.717, 1.165) is 19.4 Å². The molecule has 2 aromatic rings. The van der Waals surface area contributed by atoms with Crippen LogP contribution >= 0.6 is 0 Å². The van der Waals surface area contributed by atoms with Gasteiger partial charge in [0.05, 0.1) is 13.0 Å². The van der Waals surface area contributed by atoms with Gasteiger partial charge in [0, 0.05) is 6.54 Å². The van der Waals surface area contributed by atoms with E-state index in [0.29, 0.717) is 23.8 Å². The monoisotopic (exact) mass is 333 g/mol. The number of piperidine rings is 1. The third-order valence-corrected chi connectivity index (χ3v) is 4.32. The van der Waals surface area contributed by atoms with Gasteiger partial charge in [-0.1, -0.05) is 17.3 Å². The van der Waals surface area contributed by atoms with Crippen LogP contribution in [0.1, 0.15) is 42.1 Å². The molecule has 24 heavy (non-hydrogen) atoms. The summed E-state index contributed by atoms with van der Waals surface area (Å²) in [6.07, 6.45) is 1.83. The molecule has 0 bridgehead atoms. The molecular formula is C17H20FN3O3. The van der Waals surface area contributed by atoms with Crippen LogP contribution in [-0.2, 0) is 9.53 Å². The Morgan fingerprint density at radius 3 is 2.79 bits per heavy atom. The van der Waals surface area contributed by atoms with Crippen LogP contribution in [0.5, 0.6) is 0 Å². The number of carbonyl (C=O) groups is 1. The maximum absolute atomic E-state index is 13.2. The minimum atomic E-state index is -0.567. The second-order valence-electron chi connectivity index (χ2n) is 5.99. The predicted octanol–water partition coefficient (Wildman–Crippen LogP) is 2.61. The summed E-state index contributed by atoms with van der Waals surface area (Å²) in [5.74, 6) is 0.585. The molecule has 6 nitrogen and oxygen atoms in total. The molecular weight excluding hydrogens is 313 g/mol. The zero-order valence-corrected chi connectivity index (χ0v) is 13.7. The SMILES string of the molecule is COC(=O)C(c1ccc(F)cc1)N1CCCC(c2nc(C)no2)C1. The quantitative estimate of drug-likeness (QED) is 0.801. The Kier molecular flexibility index (Phi) is 4.89. The zero-order chi connectivity index (χ0) is 17.1. The van der Waals surface area contributed by atoms with Gasteiger partial charge in [0.1, 0.15) is 11.9 Å². The van der Waals surface area contributed by atoms with Crippen molar-refractivity contribution in [1.29, 1.82) is 0 Å². The predicted molar refractivity (Wildman–Crippen MR) is 83.7 cm³/mol. The van der Waals surface area contributed by atoms with Crippen LogP contribution in [0, 0.1) is 12.7 Å². The fourth-order valence-corrected chi connectivity index (χ4v) is 3.17. The number of benzene rings is 1. The molecule has 1 aromatic heterocycles. The van der Waals surface area contributed by atoms with Crippen molar-refractivity contribution < 1.29 is 18.4 Å². The van der Waals surface area contributed by atoms with E-state index >= 15 is 0 Å². The summed E-state index contributed by atoms with van der Waals surface area (Å²) >= 11 is 0. The summed E-state index contributed by atoms with van der Waals surface area (Å²) in [7, 11) is 1.36. The lowest BCUT2D eigenvalue weighted by Gasteiger charge is -2.35. The number of nitrogens with zero attached hydrogens (tertiary/aromatic N) is 3. The summed E-state index contributed by atoms with van der Waals surface area (Å²) < 4.78 is 23.5. The summed E-state index contributed by atoms with van der Waals surface area (Å²) in [4.78, 5) is 18.7. The van der Waals surface area contributed by atoms with Crippen molar-refractivity contribution >= 4 is 5.97 Å². The second-order valence-corrected chi connectivity index (χ2v) is 5.99. The molecule has 0 saturated carbocycles. The number of aryl methyl sites for hydroxylation is 1. The second kappa shape index (κ2) is 7.09. The summed E-state index contributed by atoms with van der Waals surface area (Å²) in [5.41, 5.74) is 0.714. The topological polar surface area (TPSA) is 68.5 Å². The number of esters is 1. The van der Waals surface area contributed by atoms with Crippen molar-refractivity contribution in [2.24, 2.45) is 0 Å². The smallest absolute Gasteiger partial charge is 0.327 e. The highest BCUT2D eigenvalue weighted by atomic mass is 19.1. The van der Waals surface area contributed by atoms with Gasteiger partial charge in [0.2, 0.25) is 5.89 Å². The number of hydrogen-bond acceptors (Lipinski definition) is 6. The van der Waals surface area contributed by atoms with E-state index in [2.05, 4.69) is 10.1 Å². The third-order valence-electron chi connectivity index (χ3n) is 4.32. The maximum Gasteiger partial charge on any atom is 0.327 e. The van der Waals surface area contributed by atoms with Crippen LogP contribution in [-0.4, -0.2) is 41.2 Å². The van der Waals surface area contributed by atoms with E-state index in [4.69, 9.17) is 9.26 Å². The summed E-state index contributed by atoms with van der Waals surface area (Å²) in [6, 6.07) is 5.39. The Morgan fingerprint density at radius 1 is 1.42 bits per heavy atom. The molecule has 7 heteroatoms. The average molecular weight is 333 g/mol. The van der Waals surface area contributed by atoms with Gasteiger partial charge in [-0.15, -0.1) is 0 Å². The Labute approximate surface area is 139 Å². The van der Waals surface area contributed by atoms with E-state index < -0.39 is 6.04 Å². The van der Waals surface area contributed by atoms with Gasteiger partial charge >= 0.3 is 5.97 Å². The molecule has 1 aromatic carbocycles. The van der Waals surface area contributed by atoms with Gasteiger partial charge in [-0.2, -0.15) is 4.98 Å². The maximum atomic E-state index is 13.2. The molecule has 0 radical (unpaired) electrons. The van der Waals surface area contributed by atoms with Crippen molar-refractivity contribution in [1.82, 2.24) is 15.0 Å². The number of halogens is 1. The lowest BCUT2D eigenvalue weighted by Crippen LogP contribution is -2.41. The summed E-state index contributed by atoms with van der Waals surface area (Å²) in [6.45, 7) is 3.14. The normalized spacial score (nSPS) is 19.9. The standard InChI is InChI=1S/C17H20FN3O3/c1-11-19-16(24-20-11)13-4-3-9-21(10-13)15(17(22)23-2)12-5-7-14(18)8-6-12/h5-8,13,15H,3-4,9-10H2,1-2H3. The largest absolute Gasteiger partial charge is 0.468 e. The van der Waals surface area contributed by atoms with Crippen LogP contribution in [0.3, 0.4) is 0 Å². The van der Waals surface area contributed by atoms with Crippen molar-refractivity contribution in [2.75, 3.05) is 20.2 Å². The van der Waals surface area contributed by atoms with Crippen LogP contribution in [0.4, 0.5) is 4.39 Å². The average Bonchev–Trinajstić information content (AvgIpc) is 3.03. The molecule has 1 fully saturated rings. The van der Waals surface area contributed by atoms with Gasteiger partial charge in [-0.3, -0.25) is 4.90 Å². The fraction of sp³-hybridized carbons (Fsp3) is 0.471. The molecule has 0 aliphatic carbocycles. The first kappa shape index (κ1) is 16.6. The lowest BCUT2D eigenvalue weighted by atomic mass is 9.94. The first-order valence-corrected chi connectivity index (χ1v) is 7.96. The first-order valence-electron chi connectivity index (χ1n) is 7.96. The van der Waals surface area contributed by atoms with Crippen molar-refractivity contribution in [3.05, 3.63) is 47.4 Å². The molecule has 0 N–H and O–H groups in total. The van der Waals surface area contributed by atoms with Gasteiger partial charge in [0.15, 0.2) is 5.82 Å². The minimum Gasteiger partial charge on any atom is -0.468 e. The lowest BCUT2D eigenvalue weighted by molar-refractivity contribution is -0.148. The minimum absolute atomic E-state index is 0.0764. The number of carbonyl (C=O) groups excluding carboxylic acids is 1.